The van der Waals surface area contributed by atoms with Gasteiger partial charge in [-0.3, -0.25) is 4.18 Å². The van der Waals surface area contributed by atoms with Crippen LogP contribution in [0.5, 0.6) is 0 Å². The fourth-order valence-electron chi connectivity index (χ4n) is 1.67. The van der Waals surface area contributed by atoms with E-state index >= 15 is 0 Å². The highest BCUT2D eigenvalue weighted by Gasteiger charge is 2.36. The summed E-state index contributed by atoms with van der Waals surface area (Å²) in [7, 11) is 0. The fraction of sp³-hybridized carbons (Fsp3) is 1.00. The Hall–Kier alpha value is 0.230. The third kappa shape index (κ3) is 2.62. The molecule has 0 aromatic carbocycles. The van der Waals surface area contributed by atoms with Gasteiger partial charge in [-0.2, -0.15) is 0 Å². The van der Waals surface area contributed by atoms with E-state index in [9.17, 15) is 10.2 Å². The molecule has 0 aromatic rings. The summed E-state index contributed by atoms with van der Waals surface area (Å²) in [6.07, 6.45) is 6.74. The molecule has 1 saturated carbocycles. The summed E-state index contributed by atoms with van der Waals surface area (Å²) in [6.45, 7) is 0. The molecule has 0 bridgehead atoms. The van der Waals surface area contributed by atoms with Gasteiger partial charge in [-0.25, -0.2) is 0 Å². The predicted octanol–water partition coefficient (Wildman–Crippen LogP) is 1.50. The third-order valence-electron chi connectivity index (χ3n) is 2.34. The molecule has 1 fully saturated rings. The van der Waals surface area contributed by atoms with Crippen LogP contribution in [-0.4, -0.2) is 22.4 Å². The molecule has 4 heteroatoms. The highest BCUT2D eigenvalue weighted by atomic mass is 32.2. The summed E-state index contributed by atoms with van der Waals surface area (Å²) >= 11 is 1.00. The number of hydrogen-bond acceptors (Lipinski definition) is 4. The standard InChI is InChI=1S/C8H16O3S/c1-12-11-8(9,10)7-5-3-2-4-6-7/h7,9-10H,2-6H2,1H3. The van der Waals surface area contributed by atoms with Crippen LogP contribution in [0.2, 0.25) is 0 Å². The highest BCUT2D eigenvalue weighted by Crippen LogP contribution is 2.33. The molecule has 12 heavy (non-hydrogen) atoms. The van der Waals surface area contributed by atoms with Gasteiger partial charge in [-0.15, -0.1) is 0 Å². The molecular formula is C8H16O3S. The molecule has 1 aliphatic rings. The second kappa shape index (κ2) is 4.46. The van der Waals surface area contributed by atoms with E-state index in [1.807, 2.05) is 0 Å². The van der Waals surface area contributed by atoms with Gasteiger partial charge in [0.05, 0.1) is 0 Å². The third-order valence-corrected chi connectivity index (χ3v) is 2.75. The molecule has 0 heterocycles. The van der Waals surface area contributed by atoms with Crippen molar-refractivity contribution in [3.05, 3.63) is 0 Å². The zero-order valence-corrected chi connectivity index (χ0v) is 8.14. The topological polar surface area (TPSA) is 49.7 Å². The Morgan fingerprint density at radius 3 is 2.33 bits per heavy atom. The van der Waals surface area contributed by atoms with Gasteiger partial charge >= 0.3 is 0 Å². The van der Waals surface area contributed by atoms with Crippen LogP contribution >= 0.6 is 12.0 Å². The van der Waals surface area contributed by atoms with Crippen molar-refractivity contribution in [2.24, 2.45) is 5.92 Å². The van der Waals surface area contributed by atoms with Crippen molar-refractivity contribution in [2.75, 3.05) is 6.26 Å². The number of hydrogen-bond donors (Lipinski definition) is 2. The van der Waals surface area contributed by atoms with Crippen LogP contribution in [0.15, 0.2) is 0 Å². The highest BCUT2D eigenvalue weighted by molar-refractivity contribution is 7.93. The minimum absolute atomic E-state index is 0.112. The van der Waals surface area contributed by atoms with Gasteiger partial charge in [0.25, 0.3) is 5.97 Å². The lowest BCUT2D eigenvalue weighted by Crippen LogP contribution is -2.39. The predicted molar refractivity (Wildman–Crippen MR) is 48.3 cm³/mol. The fourth-order valence-corrected chi connectivity index (χ4v) is 2.05. The van der Waals surface area contributed by atoms with E-state index in [1.165, 1.54) is 6.42 Å². The molecule has 0 aromatic heterocycles. The van der Waals surface area contributed by atoms with E-state index < -0.39 is 5.97 Å². The Balaban J connectivity index is 2.41. The smallest absolute Gasteiger partial charge is 0.291 e. The first-order valence-corrected chi connectivity index (χ1v) is 5.48. The van der Waals surface area contributed by atoms with Crippen molar-refractivity contribution in [3.8, 4) is 0 Å². The Labute approximate surface area is 77.3 Å². The molecule has 0 aliphatic heterocycles. The van der Waals surface area contributed by atoms with E-state index in [0.29, 0.717) is 0 Å². The molecule has 1 aliphatic carbocycles. The molecule has 2 N–H and O–H groups in total. The number of aliphatic hydroxyl groups is 2. The molecule has 0 unspecified atom stereocenters. The van der Waals surface area contributed by atoms with Gasteiger partial charge in [0.15, 0.2) is 0 Å². The van der Waals surface area contributed by atoms with Crippen LogP contribution in [0.25, 0.3) is 0 Å². The first-order chi connectivity index (χ1) is 5.67. The van der Waals surface area contributed by atoms with Crippen LogP contribution in [0.3, 0.4) is 0 Å². The van der Waals surface area contributed by atoms with Crippen molar-refractivity contribution >= 4 is 12.0 Å². The van der Waals surface area contributed by atoms with Crippen molar-refractivity contribution in [3.63, 3.8) is 0 Å². The Kier molecular flexibility index (Phi) is 3.83. The van der Waals surface area contributed by atoms with Crippen LogP contribution < -0.4 is 0 Å². The molecule has 0 spiro atoms. The summed E-state index contributed by atoms with van der Waals surface area (Å²) in [5, 5.41) is 18.9. The van der Waals surface area contributed by atoms with Crippen molar-refractivity contribution in [2.45, 2.75) is 38.1 Å². The van der Waals surface area contributed by atoms with Crippen LogP contribution in [-0.2, 0) is 4.18 Å². The van der Waals surface area contributed by atoms with Crippen molar-refractivity contribution < 1.29 is 14.4 Å². The maximum Gasteiger partial charge on any atom is 0.291 e. The maximum absolute atomic E-state index is 9.45. The summed E-state index contributed by atoms with van der Waals surface area (Å²) in [4.78, 5) is 0. The normalized spacial score (nSPS) is 21.2. The Morgan fingerprint density at radius 2 is 1.83 bits per heavy atom. The summed E-state index contributed by atoms with van der Waals surface area (Å²) < 4.78 is 4.80. The van der Waals surface area contributed by atoms with Gasteiger partial charge in [-0.1, -0.05) is 19.3 Å². The molecule has 1 rings (SSSR count). The molecule has 3 nitrogen and oxygen atoms in total. The second-order valence-corrected chi connectivity index (χ2v) is 3.74. The monoisotopic (exact) mass is 192 g/mol. The van der Waals surface area contributed by atoms with E-state index in [1.54, 1.807) is 6.26 Å². The van der Waals surface area contributed by atoms with Crippen LogP contribution in [0, 0.1) is 5.92 Å². The zero-order valence-electron chi connectivity index (χ0n) is 7.32. The summed E-state index contributed by atoms with van der Waals surface area (Å²) in [5.41, 5.74) is 0. The van der Waals surface area contributed by atoms with E-state index in [-0.39, 0.29) is 5.92 Å². The van der Waals surface area contributed by atoms with Gasteiger partial charge < -0.3 is 10.2 Å². The van der Waals surface area contributed by atoms with Crippen molar-refractivity contribution in [1.82, 2.24) is 0 Å². The second-order valence-electron chi connectivity index (χ2n) is 3.24. The van der Waals surface area contributed by atoms with E-state index in [0.717, 1.165) is 37.7 Å². The molecular weight excluding hydrogens is 176 g/mol. The number of rotatable bonds is 3. The van der Waals surface area contributed by atoms with E-state index in [4.69, 9.17) is 4.18 Å². The van der Waals surface area contributed by atoms with Crippen LogP contribution in [0.1, 0.15) is 32.1 Å². The quantitative estimate of drug-likeness (QED) is 0.525. The summed E-state index contributed by atoms with van der Waals surface area (Å²) in [6, 6.07) is 0. The van der Waals surface area contributed by atoms with Gasteiger partial charge in [0, 0.05) is 12.2 Å². The molecule has 0 amide bonds. The first kappa shape index (κ1) is 10.3. The molecule has 0 atom stereocenters. The minimum atomic E-state index is -1.92. The van der Waals surface area contributed by atoms with Gasteiger partial charge in [0.2, 0.25) is 0 Å². The molecule has 0 saturated heterocycles. The SMILES string of the molecule is CSOC(O)(O)C1CCCCC1. The Morgan fingerprint density at radius 1 is 1.25 bits per heavy atom. The first-order valence-electron chi connectivity index (χ1n) is 4.33. The zero-order chi connectivity index (χ0) is 9.03. The van der Waals surface area contributed by atoms with Crippen LogP contribution in [0.4, 0.5) is 0 Å². The summed E-state index contributed by atoms with van der Waals surface area (Å²) in [5.74, 6) is -2.03. The largest absolute Gasteiger partial charge is 0.343 e. The van der Waals surface area contributed by atoms with E-state index in [2.05, 4.69) is 0 Å². The maximum atomic E-state index is 9.45. The van der Waals surface area contributed by atoms with Gasteiger partial charge in [0.1, 0.15) is 0 Å². The molecule has 72 valence electrons. The molecule has 0 radical (unpaired) electrons. The Bertz CT molecular complexity index is 132. The lowest BCUT2D eigenvalue weighted by Gasteiger charge is -2.31. The lowest BCUT2D eigenvalue weighted by molar-refractivity contribution is -0.321. The lowest BCUT2D eigenvalue weighted by atomic mass is 9.87. The van der Waals surface area contributed by atoms with Crippen molar-refractivity contribution in [1.29, 1.82) is 0 Å². The average Bonchev–Trinajstić information content (AvgIpc) is 2.06. The minimum Gasteiger partial charge on any atom is -0.343 e. The van der Waals surface area contributed by atoms with Gasteiger partial charge in [-0.05, 0) is 24.9 Å². The average molecular weight is 192 g/mol.